The third kappa shape index (κ3) is 3.15. The normalized spacial score (nSPS) is 11.4. The van der Waals surface area contributed by atoms with Crippen LogP contribution in [0.15, 0.2) is 6.20 Å². The van der Waals surface area contributed by atoms with E-state index in [0.29, 0.717) is 5.56 Å². The average molecular weight is 238 g/mol. The van der Waals surface area contributed by atoms with Gasteiger partial charge in [0.2, 0.25) is 0 Å². The van der Waals surface area contributed by atoms with E-state index >= 15 is 0 Å². The molecule has 1 aromatic rings. The van der Waals surface area contributed by atoms with E-state index in [4.69, 9.17) is 4.74 Å². The van der Waals surface area contributed by atoms with Gasteiger partial charge in [-0.05, 0) is 6.92 Å². The molecule has 1 heterocycles. The Bertz CT molecular complexity index is 441. The van der Waals surface area contributed by atoms with Gasteiger partial charge in [0.15, 0.2) is 12.4 Å². The summed E-state index contributed by atoms with van der Waals surface area (Å²) < 4.78 is 6.55. The number of ketones is 1. The van der Waals surface area contributed by atoms with Gasteiger partial charge < -0.3 is 4.74 Å². The molecule has 0 fully saturated rings. The summed E-state index contributed by atoms with van der Waals surface area (Å²) in [4.78, 5) is 23.3. The van der Waals surface area contributed by atoms with Crippen LogP contribution in [0.25, 0.3) is 0 Å². The van der Waals surface area contributed by atoms with E-state index < -0.39 is 11.4 Å². The van der Waals surface area contributed by atoms with Crippen molar-refractivity contribution in [3.05, 3.63) is 17.5 Å². The van der Waals surface area contributed by atoms with E-state index in [1.54, 1.807) is 39.4 Å². The van der Waals surface area contributed by atoms with Gasteiger partial charge >= 0.3 is 5.97 Å². The third-order valence-corrected chi connectivity index (χ3v) is 2.63. The van der Waals surface area contributed by atoms with Crippen LogP contribution in [0.2, 0.25) is 0 Å². The number of rotatable bonds is 3. The molecule has 0 aliphatic carbocycles. The van der Waals surface area contributed by atoms with Crippen molar-refractivity contribution in [2.75, 3.05) is 6.61 Å². The van der Waals surface area contributed by atoms with Crippen LogP contribution in [0.5, 0.6) is 0 Å². The van der Waals surface area contributed by atoms with Crippen molar-refractivity contribution in [1.82, 2.24) is 9.78 Å². The fourth-order valence-corrected chi connectivity index (χ4v) is 1.12. The molecule has 0 bridgehead atoms. The quantitative estimate of drug-likeness (QED) is 0.749. The number of hydrogen-bond acceptors (Lipinski definition) is 4. The van der Waals surface area contributed by atoms with Crippen molar-refractivity contribution in [3.8, 4) is 0 Å². The summed E-state index contributed by atoms with van der Waals surface area (Å²) in [5.74, 6) is -0.611. The Morgan fingerprint density at radius 2 is 2.00 bits per heavy atom. The number of carbonyl (C=O) groups excluding carboxylic acids is 2. The maximum absolute atomic E-state index is 11.7. The van der Waals surface area contributed by atoms with Crippen molar-refractivity contribution in [1.29, 1.82) is 0 Å². The molecular weight excluding hydrogens is 220 g/mol. The lowest BCUT2D eigenvalue weighted by Crippen LogP contribution is -2.26. The van der Waals surface area contributed by atoms with Crippen LogP contribution in [0, 0.1) is 12.3 Å². The molecule has 5 heteroatoms. The summed E-state index contributed by atoms with van der Waals surface area (Å²) in [6.07, 6.45) is 1.44. The Kier molecular flexibility index (Phi) is 3.70. The summed E-state index contributed by atoms with van der Waals surface area (Å²) in [5, 5.41) is 3.94. The summed E-state index contributed by atoms with van der Waals surface area (Å²) in [6, 6.07) is 0. The highest BCUT2D eigenvalue weighted by molar-refractivity contribution is 5.93. The van der Waals surface area contributed by atoms with Crippen LogP contribution in [-0.4, -0.2) is 28.1 Å². The Balaban J connectivity index is 2.63. The van der Waals surface area contributed by atoms with E-state index in [1.807, 2.05) is 0 Å². The fraction of sp³-hybridized carbons (Fsp3) is 0.583. The second-order valence-electron chi connectivity index (χ2n) is 5.02. The first-order valence-corrected chi connectivity index (χ1v) is 5.42. The molecule has 0 N–H and O–H groups in total. The maximum atomic E-state index is 11.7. The molecule has 94 valence electrons. The minimum absolute atomic E-state index is 0.104. The second-order valence-corrected chi connectivity index (χ2v) is 5.02. The summed E-state index contributed by atoms with van der Waals surface area (Å²) in [5.41, 5.74) is 0.622. The topological polar surface area (TPSA) is 61.2 Å². The predicted molar refractivity (Wildman–Crippen MR) is 62.7 cm³/mol. The van der Waals surface area contributed by atoms with Gasteiger partial charge in [0.1, 0.15) is 5.56 Å². The monoisotopic (exact) mass is 238 g/mol. The summed E-state index contributed by atoms with van der Waals surface area (Å²) >= 11 is 0. The molecule has 0 spiro atoms. The summed E-state index contributed by atoms with van der Waals surface area (Å²) in [7, 11) is 1.74. The zero-order valence-electron chi connectivity index (χ0n) is 10.9. The van der Waals surface area contributed by atoms with E-state index in [9.17, 15) is 9.59 Å². The zero-order chi connectivity index (χ0) is 13.2. The molecule has 0 saturated carbocycles. The van der Waals surface area contributed by atoms with Crippen molar-refractivity contribution < 1.29 is 14.3 Å². The number of nitrogens with zero attached hydrogens (tertiary/aromatic N) is 2. The minimum Gasteiger partial charge on any atom is -0.454 e. The molecule has 1 rings (SSSR count). The highest BCUT2D eigenvalue weighted by Crippen LogP contribution is 2.15. The lowest BCUT2D eigenvalue weighted by molar-refractivity contribution is -0.129. The molecule has 17 heavy (non-hydrogen) atoms. The van der Waals surface area contributed by atoms with Crippen LogP contribution in [0.4, 0.5) is 0 Å². The number of aryl methyl sites for hydroxylation is 1. The number of esters is 1. The number of hydrogen-bond donors (Lipinski definition) is 0. The third-order valence-electron chi connectivity index (χ3n) is 2.63. The minimum atomic E-state index is -0.506. The molecule has 0 atom stereocenters. The van der Waals surface area contributed by atoms with E-state index in [0.717, 1.165) is 5.69 Å². The van der Waals surface area contributed by atoms with Crippen LogP contribution in [0.1, 0.15) is 36.8 Å². The Hall–Kier alpha value is -1.65. The second kappa shape index (κ2) is 4.69. The molecule has 0 radical (unpaired) electrons. The maximum Gasteiger partial charge on any atom is 0.342 e. The first-order valence-electron chi connectivity index (χ1n) is 5.42. The Morgan fingerprint density at radius 1 is 1.41 bits per heavy atom. The molecule has 0 aliphatic heterocycles. The van der Waals surface area contributed by atoms with Gasteiger partial charge in [-0.25, -0.2) is 4.79 Å². The van der Waals surface area contributed by atoms with Gasteiger partial charge in [-0.15, -0.1) is 0 Å². The van der Waals surface area contributed by atoms with Gasteiger partial charge in [-0.2, -0.15) is 5.10 Å². The fourth-order valence-electron chi connectivity index (χ4n) is 1.12. The number of ether oxygens (including phenoxy) is 1. The van der Waals surface area contributed by atoms with Crippen LogP contribution in [0.3, 0.4) is 0 Å². The average Bonchev–Trinajstić information content (AvgIpc) is 2.54. The number of carbonyl (C=O) groups is 2. The molecule has 0 aromatic carbocycles. The van der Waals surface area contributed by atoms with E-state index in [2.05, 4.69) is 5.10 Å². The molecule has 0 saturated heterocycles. The highest BCUT2D eigenvalue weighted by atomic mass is 16.5. The van der Waals surface area contributed by atoms with Crippen molar-refractivity contribution >= 4 is 11.8 Å². The smallest absolute Gasteiger partial charge is 0.342 e. The predicted octanol–water partition coefficient (Wildman–Crippen LogP) is 1.50. The van der Waals surface area contributed by atoms with Gasteiger partial charge in [-0.1, -0.05) is 20.8 Å². The first kappa shape index (κ1) is 13.4. The van der Waals surface area contributed by atoms with Crippen molar-refractivity contribution in [2.24, 2.45) is 12.5 Å². The zero-order valence-corrected chi connectivity index (χ0v) is 10.9. The van der Waals surface area contributed by atoms with E-state index in [1.165, 1.54) is 6.20 Å². The molecule has 0 unspecified atom stereocenters. The van der Waals surface area contributed by atoms with Crippen LogP contribution >= 0.6 is 0 Å². The molecule has 1 aromatic heterocycles. The molecule has 0 aliphatic rings. The first-order chi connectivity index (χ1) is 7.73. The van der Waals surface area contributed by atoms with Gasteiger partial charge in [0, 0.05) is 18.2 Å². The Labute approximate surface area is 101 Å². The van der Waals surface area contributed by atoms with E-state index in [-0.39, 0.29) is 12.4 Å². The summed E-state index contributed by atoms with van der Waals surface area (Å²) in [6.45, 7) is 6.95. The number of aromatic nitrogens is 2. The largest absolute Gasteiger partial charge is 0.454 e. The lowest BCUT2D eigenvalue weighted by Gasteiger charge is -2.16. The standard InChI is InChI=1S/C12H18N2O3/c1-8-9(6-13-14(8)5)11(16)17-7-10(15)12(2,3)4/h6H,7H2,1-5H3. The van der Waals surface area contributed by atoms with Gasteiger partial charge in [0.05, 0.1) is 6.20 Å². The molecule has 5 nitrogen and oxygen atoms in total. The molecule has 0 amide bonds. The van der Waals surface area contributed by atoms with Crippen molar-refractivity contribution in [3.63, 3.8) is 0 Å². The Morgan fingerprint density at radius 3 is 2.41 bits per heavy atom. The SMILES string of the molecule is Cc1c(C(=O)OCC(=O)C(C)(C)C)cnn1C. The van der Waals surface area contributed by atoms with Gasteiger partial charge in [-0.3, -0.25) is 9.48 Å². The number of Topliss-reactive ketones (excluding diaryl/α,β-unsaturated/α-hetero) is 1. The van der Waals surface area contributed by atoms with Gasteiger partial charge in [0.25, 0.3) is 0 Å². The van der Waals surface area contributed by atoms with Crippen molar-refractivity contribution in [2.45, 2.75) is 27.7 Å². The highest BCUT2D eigenvalue weighted by Gasteiger charge is 2.23. The molecular formula is C12H18N2O3. The van der Waals surface area contributed by atoms with Crippen LogP contribution in [-0.2, 0) is 16.6 Å². The van der Waals surface area contributed by atoms with Crippen LogP contribution < -0.4 is 0 Å². The lowest BCUT2D eigenvalue weighted by atomic mass is 9.91.